The Kier molecular flexibility index (Phi) is 6.28. The first-order valence-corrected chi connectivity index (χ1v) is 7.00. The first kappa shape index (κ1) is 14.8. The lowest BCUT2D eigenvalue weighted by atomic mass is 10.0. The average molecular weight is 324 g/mol. The van der Waals surface area contributed by atoms with Gasteiger partial charge in [0.05, 0.1) is 17.0 Å². The predicted molar refractivity (Wildman–Crippen MR) is 73.4 cm³/mol. The number of benzene rings is 1. The molecule has 0 radical (unpaired) electrons. The SMILES string of the molecule is CCCCCC(Cl)c1cc(Br)c(F)cc1OC. The van der Waals surface area contributed by atoms with Gasteiger partial charge < -0.3 is 4.74 Å². The van der Waals surface area contributed by atoms with Gasteiger partial charge in [-0.3, -0.25) is 0 Å². The van der Waals surface area contributed by atoms with E-state index in [1.807, 2.05) is 0 Å². The fourth-order valence-electron chi connectivity index (χ4n) is 1.69. The number of ether oxygens (including phenoxy) is 1. The standard InChI is InChI=1S/C13H17BrClFO/c1-3-4-5-6-11(15)9-7-10(14)12(16)8-13(9)17-2/h7-8,11H,3-6H2,1-2H3. The Labute approximate surface area is 115 Å². The van der Waals surface area contributed by atoms with Crippen LogP contribution in [0.2, 0.25) is 0 Å². The number of hydrogen-bond donors (Lipinski definition) is 0. The van der Waals surface area contributed by atoms with E-state index in [9.17, 15) is 4.39 Å². The van der Waals surface area contributed by atoms with E-state index in [4.69, 9.17) is 16.3 Å². The van der Waals surface area contributed by atoms with E-state index in [0.29, 0.717) is 10.2 Å². The van der Waals surface area contributed by atoms with E-state index < -0.39 is 0 Å². The van der Waals surface area contributed by atoms with Crippen molar-refractivity contribution in [3.05, 3.63) is 28.0 Å². The number of methoxy groups -OCH3 is 1. The zero-order valence-electron chi connectivity index (χ0n) is 10.1. The molecule has 0 N–H and O–H groups in total. The van der Waals surface area contributed by atoms with Crippen molar-refractivity contribution < 1.29 is 9.13 Å². The van der Waals surface area contributed by atoms with Crippen LogP contribution in [0.3, 0.4) is 0 Å². The van der Waals surface area contributed by atoms with Crippen LogP contribution in [0.25, 0.3) is 0 Å². The molecule has 1 rings (SSSR count). The van der Waals surface area contributed by atoms with Crippen molar-refractivity contribution in [1.29, 1.82) is 0 Å². The van der Waals surface area contributed by atoms with E-state index >= 15 is 0 Å². The highest BCUT2D eigenvalue weighted by molar-refractivity contribution is 9.10. The van der Waals surface area contributed by atoms with Crippen LogP contribution in [0.1, 0.15) is 43.5 Å². The molecular weight excluding hydrogens is 306 g/mol. The molecule has 0 saturated carbocycles. The van der Waals surface area contributed by atoms with Gasteiger partial charge in [-0.1, -0.05) is 26.2 Å². The maximum Gasteiger partial charge on any atom is 0.141 e. The Hall–Kier alpha value is -0.280. The molecule has 17 heavy (non-hydrogen) atoms. The number of hydrogen-bond acceptors (Lipinski definition) is 1. The minimum absolute atomic E-state index is 0.131. The molecule has 0 amide bonds. The van der Waals surface area contributed by atoms with Gasteiger partial charge in [0.15, 0.2) is 0 Å². The van der Waals surface area contributed by atoms with Gasteiger partial charge >= 0.3 is 0 Å². The van der Waals surface area contributed by atoms with Crippen LogP contribution in [-0.4, -0.2) is 7.11 Å². The topological polar surface area (TPSA) is 9.23 Å². The second kappa shape index (κ2) is 7.22. The number of rotatable bonds is 6. The summed E-state index contributed by atoms with van der Waals surface area (Å²) in [6, 6.07) is 3.08. The van der Waals surface area contributed by atoms with Crippen molar-refractivity contribution >= 4 is 27.5 Å². The summed E-state index contributed by atoms with van der Waals surface area (Å²) in [4.78, 5) is 0. The predicted octanol–water partition coefficient (Wildman–Crippen LogP) is 5.46. The van der Waals surface area contributed by atoms with Gasteiger partial charge in [0, 0.05) is 11.6 Å². The molecule has 96 valence electrons. The smallest absolute Gasteiger partial charge is 0.141 e. The second-order valence-corrected chi connectivity index (χ2v) is 5.35. The molecule has 1 nitrogen and oxygen atoms in total. The van der Waals surface area contributed by atoms with Crippen molar-refractivity contribution in [2.75, 3.05) is 7.11 Å². The van der Waals surface area contributed by atoms with Crippen LogP contribution >= 0.6 is 27.5 Å². The Morgan fingerprint density at radius 1 is 1.41 bits per heavy atom. The molecule has 1 unspecified atom stereocenters. The molecule has 0 saturated heterocycles. The normalized spacial score (nSPS) is 12.5. The van der Waals surface area contributed by atoms with E-state index in [-0.39, 0.29) is 11.2 Å². The molecule has 0 aliphatic carbocycles. The van der Waals surface area contributed by atoms with Crippen LogP contribution in [0, 0.1) is 5.82 Å². The summed E-state index contributed by atoms with van der Waals surface area (Å²) in [7, 11) is 1.53. The summed E-state index contributed by atoms with van der Waals surface area (Å²) in [6.45, 7) is 2.15. The Balaban J connectivity index is 2.84. The molecule has 0 aromatic heterocycles. The van der Waals surface area contributed by atoms with Crippen molar-refractivity contribution in [1.82, 2.24) is 0 Å². The van der Waals surface area contributed by atoms with Crippen LogP contribution < -0.4 is 4.74 Å². The van der Waals surface area contributed by atoms with E-state index in [1.165, 1.54) is 13.2 Å². The summed E-state index contributed by atoms with van der Waals surface area (Å²) >= 11 is 9.50. The molecule has 1 atom stereocenters. The van der Waals surface area contributed by atoms with Gasteiger partial charge in [0.25, 0.3) is 0 Å². The molecule has 4 heteroatoms. The van der Waals surface area contributed by atoms with Gasteiger partial charge in [-0.15, -0.1) is 11.6 Å². The Bertz CT molecular complexity index is 371. The van der Waals surface area contributed by atoms with Crippen LogP contribution in [0.15, 0.2) is 16.6 Å². The van der Waals surface area contributed by atoms with Crippen LogP contribution in [0.4, 0.5) is 4.39 Å². The maximum absolute atomic E-state index is 13.3. The summed E-state index contributed by atoms with van der Waals surface area (Å²) in [5.41, 5.74) is 0.846. The van der Waals surface area contributed by atoms with E-state index in [0.717, 1.165) is 31.2 Å². The monoisotopic (exact) mass is 322 g/mol. The maximum atomic E-state index is 13.3. The summed E-state index contributed by atoms with van der Waals surface area (Å²) in [5.74, 6) is 0.185. The minimum Gasteiger partial charge on any atom is -0.496 e. The minimum atomic E-state index is -0.331. The summed E-state index contributed by atoms with van der Waals surface area (Å²) in [5, 5.41) is -0.131. The highest BCUT2D eigenvalue weighted by atomic mass is 79.9. The first-order chi connectivity index (χ1) is 8.10. The van der Waals surface area contributed by atoms with Crippen molar-refractivity contribution in [2.45, 2.75) is 38.0 Å². The second-order valence-electron chi connectivity index (χ2n) is 3.97. The van der Waals surface area contributed by atoms with Gasteiger partial charge in [-0.25, -0.2) is 4.39 Å². The molecule has 1 aromatic carbocycles. The van der Waals surface area contributed by atoms with E-state index in [1.54, 1.807) is 6.07 Å². The van der Waals surface area contributed by atoms with Crippen LogP contribution in [0.5, 0.6) is 5.75 Å². The van der Waals surface area contributed by atoms with Gasteiger partial charge in [-0.05, 0) is 28.4 Å². The van der Waals surface area contributed by atoms with E-state index in [2.05, 4.69) is 22.9 Å². The highest BCUT2D eigenvalue weighted by Gasteiger charge is 2.16. The zero-order valence-corrected chi connectivity index (χ0v) is 12.4. The third kappa shape index (κ3) is 4.14. The lowest BCUT2D eigenvalue weighted by Gasteiger charge is -2.14. The van der Waals surface area contributed by atoms with Crippen molar-refractivity contribution in [3.8, 4) is 5.75 Å². The molecule has 0 spiro atoms. The fourth-order valence-corrected chi connectivity index (χ4v) is 2.38. The summed E-state index contributed by atoms with van der Waals surface area (Å²) < 4.78 is 18.9. The molecule has 0 aliphatic heterocycles. The Morgan fingerprint density at radius 2 is 2.12 bits per heavy atom. The quantitative estimate of drug-likeness (QED) is 0.499. The first-order valence-electron chi connectivity index (χ1n) is 5.77. The molecule has 0 aliphatic rings. The van der Waals surface area contributed by atoms with Crippen molar-refractivity contribution in [3.63, 3.8) is 0 Å². The number of unbranched alkanes of at least 4 members (excludes halogenated alkanes) is 2. The zero-order chi connectivity index (χ0) is 12.8. The van der Waals surface area contributed by atoms with Gasteiger partial charge in [0.2, 0.25) is 0 Å². The third-order valence-electron chi connectivity index (χ3n) is 2.67. The molecule has 0 fully saturated rings. The van der Waals surface area contributed by atoms with Gasteiger partial charge in [0.1, 0.15) is 11.6 Å². The number of alkyl halides is 1. The van der Waals surface area contributed by atoms with Gasteiger partial charge in [-0.2, -0.15) is 0 Å². The average Bonchev–Trinajstić information content (AvgIpc) is 2.32. The molecule has 1 aromatic rings. The lowest BCUT2D eigenvalue weighted by Crippen LogP contribution is -1.97. The Morgan fingerprint density at radius 3 is 2.71 bits per heavy atom. The molecular formula is C13H17BrClFO. The molecule has 0 heterocycles. The highest BCUT2D eigenvalue weighted by Crippen LogP contribution is 2.36. The van der Waals surface area contributed by atoms with Crippen LogP contribution in [-0.2, 0) is 0 Å². The lowest BCUT2D eigenvalue weighted by molar-refractivity contribution is 0.404. The number of halogens is 3. The largest absolute Gasteiger partial charge is 0.496 e. The fraction of sp³-hybridized carbons (Fsp3) is 0.538. The summed E-state index contributed by atoms with van der Waals surface area (Å²) in [6.07, 6.45) is 4.27. The third-order valence-corrected chi connectivity index (χ3v) is 3.73. The van der Waals surface area contributed by atoms with Crippen molar-refractivity contribution in [2.24, 2.45) is 0 Å². The molecule has 0 bridgehead atoms.